The van der Waals surface area contributed by atoms with Crippen LogP contribution in [0.3, 0.4) is 0 Å². The molecule has 0 spiro atoms. The largest absolute Gasteiger partial charge is 0.252 e. The maximum absolute atomic E-state index is 4.01. The predicted molar refractivity (Wildman–Crippen MR) is 35.2 cm³/mol. The lowest BCUT2D eigenvalue weighted by Gasteiger charge is -1.89. The first-order valence-corrected chi connectivity index (χ1v) is 2.84. The fourth-order valence-electron chi connectivity index (χ4n) is 0.751. The van der Waals surface area contributed by atoms with Gasteiger partial charge in [-0.15, -0.1) is 0 Å². The molecule has 0 atom stereocenters. The molecule has 0 amide bonds. The van der Waals surface area contributed by atoms with Crippen molar-refractivity contribution in [2.45, 2.75) is 0 Å². The number of fused-ring (bicyclic) bond motifs is 1. The first-order valence-electron chi connectivity index (χ1n) is 2.84. The molecular weight excluding hydrogens is 128 g/mol. The minimum absolute atomic E-state index is 0.590. The zero-order chi connectivity index (χ0) is 6.97. The molecule has 49 valence electrons. The first-order chi connectivity index (χ1) is 4.86. The Morgan fingerprint density at radius 2 is 2.40 bits per heavy atom. The molecule has 0 aliphatic heterocycles. The van der Waals surface area contributed by atoms with Gasteiger partial charge in [0.15, 0.2) is 0 Å². The van der Waals surface area contributed by atoms with Gasteiger partial charge in [0.05, 0.1) is 0 Å². The Bertz CT molecular complexity index is 351. The molecule has 1 radical (unpaired) electrons. The lowest BCUT2D eigenvalue weighted by molar-refractivity contribution is 0.934. The lowest BCUT2D eigenvalue weighted by Crippen LogP contribution is -1.90. The van der Waals surface area contributed by atoms with Crippen molar-refractivity contribution in [1.29, 1.82) is 0 Å². The average molecular weight is 133 g/mol. The Morgan fingerprint density at radius 3 is 3.30 bits per heavy atom. The molecule has 2 aromatic heterocycles. The molecule has 4 nitrogen and oxygen atoms in total. The Balaban J connectivity index is 2.86. The van der Waals surface area contributed by atoms with Crippen LogP contribution < -0.4 is 0 Å². The van der Waals surface area contributed by atoms with Gasteiger partial charge in [0.2, 0.25) is 0 Å². The van der Waals surface area contributed by atoms with Crippen LogP contribution in [-0.2, 0) is 0 Å². The highest BCUT2D eigenvalue weighted by Gasteiger charge is 1.93. The standard InChI is InChI=1S/C6H5N4/c1-5-2-3-10-6(9-5)7-4-8-10/h2-4H,1H2. The van der Waals surface area contributed by atoms with Gasteiger partial charge in [0, 0.05) is 11.9 Å². The number of hydrogen-bond acceptors (Lipinski definition) is 3. The Kier molecular flexibility index (Phi) is 0.943. The van der Waals surface area contributed by atoms with Gasteiger partial charge in [-0.3, -0.25) is 0 Å². The normalized spacial score (nSPS) is 10.5. The van der Waals surface area contributed by atoms with Crippen LogP contribution in [0.2, 0.25) is 0 Å². The fraction of sp³-hybridized carbons (Fsp3) is 0. The molecular formula is C6H5N4. The van der Waals surface area contributed by atoms with Crippen molar-refractivity contribution >= 4 is 5.78 Å². The van der Waals surface area contributed by atoms with Gasteiger partial charge in [0.25, 0.3) is 5.78 Å². The Morgan fingerprint density at radius 1 is 1.50 bits per heavy atom. The van der Waals surface area contributed by atoms with E-state index < -0.39 is 0 Å². The molecule has 2 heterocycles. The van der Waals surface area contributed by atoms with Gasteiger partial charge < -0.3 is 0 Å². The Labute approximate surface area is 57.5 Å². The van der Waals surface area contributed by atoms with Crippen LogP contribution >= 0.6 is 0 Å². The summed E-state index contributed by atoms with van der Waals surface area (Å²) in [5.74, 6) is 0.590. The van der Waals surface area contributed by atoms with Crippen molar-refractivity contribution in [3.8, 4) is 0 Å². The van der Waals surface area contributed by atoms with E-state index in [0.717, 1.165) is 0 Å². The van der Waals surface area contributed by atoms with Crippen molar-refractivity contribution < 1.29 is 0 Å². The molecule has 0 aliphatic rings. The SMILES string of the molecule is [CH2]c1ccn2ncnc2n1. The van der Waals surface area contributed by atoms with Crippen LogP contribution in [0.1, 0.15) is 5.69 Å². The summed E-state index contributed by atoms with van der Waals surface area (Å²) in [7, 11) is 0. The number of hydrogen-bond donors (Lipinski definition) is 0. The van der Waals surface area contributed by atoms with Gasteiger partial charge in [-0.25, -0.2) is 9.50 Å². The zero-order valence-corrected chi connectivity index (χ0v) is 5.23. The highest BCUT2D eigenvalue weighted by atomic mass is 15.3. The van der Waals surface area contributed by atoms with Crippen LogP contribution in [0, 0.1) is 6.92 Å². The highest BCUT2D eigenvalue weighted by Crippen LogP contribution is 1.94. The molecule has 0 bridgehead atoms. The maximum Gasteiger partial charge on any atom is 0.252 e. The molecule has 2 aromatic rings. The van der Waals surface area contributed by atoms with E-state index in [2.05, 4.69) is 22.0 Å². The van der Waals surface area contributed by atoms with Crippen LogP contribution in [0.15, 0.2) is 18.6 Å². The van der Waals surface area contributed by atoms with E-state index >= 15 is 0 Å². The van der Waals surface area contributed by atoms with Gasteiger partial charge >= 0.3 is 0 Å². The molecule has 0 saturated heterocycles. The molecule has 0 saturated carbocycles. The van der Waals surface area contributed by atoms with E-state index in [0.29, 0.717) is 11.5 Å². The third kappa shape index (κ3) is 0.655. The molecule has 0 unspecified atom stereocenters. The van der Waals surface area contributed by atoms with Crippen molar-refractivity contribution in [2.75, 3.05) is 0 Å². The molecule has 0 aliphatic carbocycles. The van der Waals surface area contributed by atoms with Crippen LogP contribution in [0.5, 0.6) is 0 Å². The van der Waals surface area contributed by atoms with Crippen molar-refractivity contribution in [3.05, 3.63) is 31.2 Å². The van der Waals surface area contributed by atoms with Crippen LogP contribution in [-0.4, -0.2) is 19.6 Å². The molecule has 2 rings (SSSR count). The van der Waals surface area contributed by atoms with Gasteiger partial charge in [0.1, 0.15) is 6.33 Å². The van der Waals surface area contributed by atoms with Gasteiger partial charge in [-0.1, -0.05) is 0 Å². The molecule has 0 aromatic carbocycles. The van der Waals surface area contributed by atoms with E-state index in [1.165, 1.54) is 6.33 Å². The van der Waals surface area contributed by atoms with Gasteiger partial charge in [-0.05, 0) is 13.0 Å². The second-order valence-corrected chi connectivity index (χ2v) is 1.92. The summed E-state index contributed by atoms with van der Waals surface area (Å²) in [6.45, 7) is 3.66. The summed E-state index contributed by atoms with van der Waals surface area (Å²) in [5.41, 5.74) is 0.709. The minimum Gasteiger partial charge on any atom is -0.216 e. The van der Waals surface area contributed by atoms with Gasteiger partial charge in [-0.2, -0.15) is 10.1 Å². The first kappa shape index (κ1) is 5.34. The summed E-state index contributed by atoms with van der Waals surface area (Å²) in [4.78, 5) is 7.89. The number of nitrogens with zero attached hydrogens (tertiary/aromatic N) is 4. The number of rotatable bonds is 0. The van der Waals surface area contributed by atoms with Crippen molar-refractivity contribution in [1.82, 2.24) is 19.6 Å². The van der Waals surface area contributed by atoms with Crippen LogP contribution in [0.25, 0.3) is 5.78 Å². The third-order valence-electron chi connectivity index (χ3n) is 1.21. The van der Waals surface area contributed by atoms with E-state index in [1.54, 1.807) is 16.8 Å². The Hall–Kier alpha value is -1.45. The van der Waals surface area contributed by atoms with E-state index in [1.807, 2.05) is 0 Å². The predicted octanol–water partition coefficient (Wildman–Crippen LogP) is 0.306. The summed E-state index contributed by atoms with van der Waals surface area (Å²) < 4.78 is 1.59. The summed E-state index contributed by atoms with van der Waals surface area (Å²) in [6, 6.07) is 1.78. The maximum atomic E-state index is 4.01. The smallest absolute Gasteiger partial charge is 0.216 e. The minimum atomic E-state index is 0.590. The summed E-state index contributed by atoms with van der Waals surface area (Å²) in [5, 5.41) is 3.88. The summed E-state index contributed by atoms with van der Waals surface area (Å²) in [6.07, 6.45) is 3.24. The quantitative estimate of drug-likeness (QED) is 0.519. The molecule has 0 N–H and O–H groups in total. The monoisotopic (exact) mass is 133 g/mol. The van der Waals surface area contributed by atoms with E-state index in [-0.39, 0.29) is 0 Å². The van der Waals surface area contributed by atoms with Crippen molar-refractivity contribution in [2.24, 2.45) is 0 Å². The topological polar surface area (TPSA) is 43.1 Å². The van der Waals surface area contributed by atoms with E-state index in [4.69, 9.17) is 0 Å². The zero-order valence-electron chi connectivity index (χ0n) is 5.23. The molecule has 4 heteroatoms. The van der Waals surface area contributed by atoms with E-state index in [9.17, 15) is 0 Å². The average Bonchev–Trinajstić information content (AvgIpc) is 2.33. The van der Waals surface area contributed by atoms with Crippen molar-refractivity contribution in [3.63, 3.8) is 0 Å². The number of aromatic nitrogens is 4. The third-order valence-corrected chi connectivity index (χ3v) is 1.21. The lowest BCUT2D eigenvalue weighted by atomic mass is 10.5. The second-order valence-electron chi connectivity index (χ2n) is 1.92. The summed E-state index contributed by atoms with van der Waals surface area (Å²) >= 11 is 0. The van der Waals surface area contributed by atoms with Crippen LogP contribution in [0.4, 0.5) is 0 Å². The molecule has 10 heavy (non-hydrogen) atoms. The molecule has 0 fully saturated rings. The highest BCUT2D eigenvalue weighted by molar-refractivity contribution is 5.26. The second kappa shape index (κ2) is 1.76. The fourth-order valence-corrected chi connectivity index (χ4v) is 0.751.